The molecule has 1 amide bonds. The Morgan fingerprint density at radius 1 is 1.24 bits per heavy atom. The lowest BCUT2D eigenvalue weighted by Gasteiger charge is -2.22. The predicted octanol–water partition coefficient (Wildman–Crippen LogP) is 3.90. The normalized spacial score (nSPS) is 14.0. The number of aryl methyl sites for hydroxylation is 1. The Balaban J connectivity index is 1.50. The number of anilines is 1. The topological polar surface area (TPSA) is 63.6 Å². The van der Waals surface area contributed by atoms with E-state index in [0.29, 0.717) is 30.1 Å². The Kier molecular flexibility index (Phi) is 5.69. The largest absolute Gasteiger partial charge is 0.462 e. The van der Waals surface area contributed by atoms with Gasteiger partial charge in [0, 0.05) is 42.6 Å². The van der Waals surface area contributed by atoms with Crippen LogP contribution >= 0.6 is 11.3 Å². The second-order valence-corrected chi connectivity index (χ2v) is 8.39. The molecule has 0 aliphatic carbocycles. The molecule has 152 valence electrons. The molecule has 1 N–H and O–H groups in total. The standard InChI is InChI=1S/C22H25N3O3S/c1-3-28-22(27)20-16-9-11-24(2)14-18(16)29-21(20)23-19(26)10-13-25-12-8-15-6-4-5-7-17(15)25/h4-8,12H,3,9-11,13-14H2,1-2H3,(H,23,26). The molecule has 6 nitrogen and oxygen atoms in total. The van der Waals surface area contributed by atoms with Crippen LogP contribution in [0.4, 0.5) is 5.00 Å². The number of fused-ring (bicyclic) bond motifs is 2. The molecule has 1 aliphatic heterocycles. The number of nitrogens with zero attached hydrogens (tertiary/aromatic N) is 2. The highest BCUT2D eigenvalue weighted by atomic mass is 32.1. The van der Waals surface area contributed by atoms with E-state index in [9.17, 15) is 9.59 Å². The number of likely N-dealkylation sites (N-methyl/N-ethyl adjacent to an activating group) is 1. The maximum Gasteiger partial charge on any atom is 0.341 e. The zero-order valence-electron chi connectivity index (χ0n) is 16.7. The van der Waals surface area contributed by atoms with Crippen LogP contribution in [-0.2, 0) is 29.0 Å². The molecule has 1 aliphatic rings. The first kappa shape index (κ1) is 19.7. The monoisotopic (exact) mass is 411 g/mol. The summed E-state index contributed by atoms with van der Waals surface area (Å²) in [5.41, 5.74) is 2.68. The minimum atomic E-state index is -0.346. The van der Waals surface area contributed by atoms with Crippen LogP contribution in [0.2, 0.25) is 0 Å². The number of esters is 1. The van der Waals surface area contributed by atoms with Gasteiger partial charge in [-0.15, -0.1) is 11.3 Å². The zero-order valence-corrected chi connectivity index (χ0v) is 17.6. The van der Waals surface area contributed by atoms with Crippen LogP contribution in [0.15, 0.2) is 36.5 Å². The molecule has 29 heavy (non-hydrogen) atoms. The van der Waals surface area contributed by atoms with Crippen molar-refractivity contribution in [1.29, 1.82) is 0 Å². The molecule has 7 heteroatoms. The Labute approximate surface area is 174 Å². The number of benzene rings is 1. The van der Waals surface area contributed by atoms with Crippen LogP contribution in [0.25, 0.3) is 10.9 Å². The minimum absolute atomic E-state index is 0.0970. The first-order valence-corrected chi connectivity index (χ1v) is 10.7. The van der Waals surface area contributed by atoms with E-state index in [1.807, 2.05) is 18.3 Å². The SMILES string of the molecule is CCOC(=O)c1c(NC(=O)CCn2ccc3ccccc32)sc2c1CCN(C)C2. The Bertz CT molecular complexity index is 1050. The molecule has 0 saturated carbocycles. The first-order valence-electron chi connectivity index (χ1n) is 9.90. The quantitative estimate of drug-likeness (QED) is 0.625. The maximum absolute atomic E-state index is 12.7. The number of para-hydroxylation sites is 1. The number of hydrogen-bond donors (Lipinski definition) is 1. The molecule has 0 bridgehead atoms. The highest BCUT2D eigenvalue weighted by Crippen LogP contribution is 2.37. The summed E-state index contributed by atoms with van der Waals surface area (Å²) in [4.78, 5) is 28.6. The van der Waals surface area contributed by atoms with E-state index in [0.717, 1.165) is 40.9 Å². The van der Waals surface area contributed by atoms with E-state index in [1.54, 1.807) is 6.92 Å². The van der Waals surface area contributed by atoms with Gasteiger partial charge in [0.25, 0.3) is 0 Å². The van der Waals surface area contributed by atoms with Gasteiger partial charge < -0.3 is 19.5 Å². The minimum Gasteiger partial charge on any atom is -0.462 e. The van der Waals surface area contributed by atoms with Crippen molar-refractivity contribution in [2.75, 3.05) is 25.5 Å². The summed E-state index contributed by atoms with van der Waals surface area (Å²) in [5.74, 6) is -0.443. The summed E-state index contributed by atoms with van der Waals surface area (Å²) in [6.45, 7) is 4.38. The van der Waals surface area contributed by atoms with Crippen LogP contribution < -0.4 is 5.32 Å². The summed E-state index contributed by atoms with van der Waals surface area (Å²) in [6.07, 6.45) is 3.13. The molecule has 2 aromatic heterocycles. The molecule has 3 heterocycles. The summed E-state index contributed by atoms with van der Waals surface area (Å²) in [5, 5.41) is 4.76. The fraction of sp³-hybridized carbons (Fsp3) is 0.364. The van der Waals surface area contributed by atoms with Crippen molar-refractivity contribution < 1.29 is 14.3 Å². The molecule has 3 aromatic rings. The lowest BCUT2D eigenvalue weighted by Crippen LogP contribution is -2.26. The fourth-order valence-corrected chi connectivity index (χ4v) is 5.12. The van der Waals surface area contributed by atoms with Gasteiger partial charge in [0.1, 0.15) is 5.00 Å². The highest BCUT2D eigenvalue weighted by molar-refractivity contribution is 7.17. The Hall–Kier alpha value is -2.64. The van der Waals surface area contributed by atoms with E-state index in [-0.39, 0.29) is 11.9 Å². The van der Waals surface area contributed by atoms with Crippen LogP contribution in [0.5, 0.6) is 0 Å². The molecule has 1 aromatic carbocycles. The van der Waals surface area contributed by atoms with Gasteiger partial charge in [-0.05, 0) is 43.5 Å². The number of hydrogen-bond acceptors (Lipinski definition) is 5. The van der Waals surface area contributed by atoms with Crippen molar-refractivity contribution in [3.8, 4) is 0 Å². The van der Waals surface area contributed by atoms with Crippen LogP contribution in [-0.4, -0.2) is 41.5 Å². The zero-order chi connectivity index (χ0) is 20.4. The number of carbonyl (C=O) groups excluding carboxylic acids is 2. The van der Waals surface area contributed by atoms with Crippen LogP contribution in [0, 0.1) is 0 Å². The third-order valence-corrected chi connectivity index (χ3v) is 6.37. The van der Waals surface area contributed by atoms with Gasteiger partial charge >= 0.3 is 5.97 Å². The van der Waals surface area contributed by atoms with E-state index in [1.165, 1.54) is 11.3 Å². The fourth-order valence-electron chi connectivity index (χ4n) is 3.79. The average molecular weight is 412 g/mol. The molecule has 0 radical (unpaired) electrons. The third-order valence-electron chi connectivity index (χ3n) is 5.24. The van der Waals surface area contributed by atoms with Crippen molar-refractivity contribution in [2.24, 2.45) is 0 Å². The van der Waals surface area contributed by atoms with Crippen LogP contribution in [0.1, 0.15) is 34.1 Å². The Morgan fingerprint density at radius 2 is 2.07 bits per heavy atom. The predicted molar refractivity (Wildman–Crippen MR) is 115 cm³/mol. The molecule has 4 rings (SSSR count). The summed E-state index contributed by atoms with van der Waals surface area (Å²) in [7, 11) is 2.06. The van der Waals surface area contributed by atoms with Gasteiger partial charge in [0.05, 0.1) is 12.2 Å². The third kappa shape index (κ3) is 4.06. The number of ether oxygens (including phenoxy) is 1. The number of rotatable bonds is 6. The summed E-state index contributed by atoms with van der Waals surface area (Å²) < 4.78 is 7.35. The summed E-state index contributed by atoms with van der Waals surface area (Å²) in [6, 6.07) is 10.2. The van der Waals surface area contributed by atoms with Gasteiger partial charge in [-0.2, -0.15) is 0 Å². The van der Waals surface area contributed by atoms with Gasteiger partial charge in [0.15, 0.2) is 0 Å². The summed E-state index contributed by atoms with van der Waals surface area (Å²) >= 11 is 1.49. The van der Waals surface area contributed by atoms with Gasteiger partial charge in [-0.25, -0.2) is 4.79 Å². The van der Waals surface area contributed by atoms with E-state index < -0.39 is 0 Å². The first-order chi connectivity index (χ1) is 14.1. The Morgan fingerprint density at radius 3 is 2.90 bits per heavy atom. The molecular weight excluding hydrogens is 386 g/mol. The van der Waals surface area contributed by atoms with Gasteiger partial charge in [-0.3, -0.25) is 4.79 Å². The molecule has 0 spiro atoms. The van der Waals surface area contributed by atoms with Crippen LogP contribution in [0.3, 0.4) is 0 Å². The number of nitrogens with one attached hydrogen (secondary N) is 1. The maximum atomic E-state index is 12.7. The van der Waals surface area contributed by atoms with E-state index in [2.05, 4.69) is 40.0 Å². The van der Waals surface area contributed by atoms with Crippen molar-refractivity contribution >= 4 is 39.1 Å². The molecule has 0 fully saturated rings. The second kappa shape index (κ2) is 8.39. The van der Waals surface area contributed by atoms with E-state index in [4.69, 9.17) is 4.74 Å². The average Bonchev–Trinajstić information content (AvgIpc) is 3.27. The van der Waals surface area contributed by atoms with E-state index >= 15 is 0 Å². The lowest BCUT2D eigenvalue weighted by molar-refractivity contribution is -0.116. The van der Waals surface area contributed by atoms with Crippen molar-refractivity contribution in [3.63, 3.8) is 0 Å². The van der Waals surface area contributed by atoms with Gasteiger partial charge in [-0.1, -0.05) is 18.2 Å². The molecule has 0 atom stereocenters. The highest BCUT2D eigenvalue weighted by Gasteiger charge is 2.28. The second-order valence-electron chi connectivity index (χ2n) is 7.28. The lowest BCUT2D eigenvalue weighted by atomic mass is 10.0. The number of thiophene rings is 1. The van der Waals surface area contributed by atoms with Crippen molar-refractivity contribution in [2.45, 2.75) is 32.9 Å². The molecule has 0 unspecified atom stereocenters. The molecule has 0 saturated heterocycles. The van der Waals surface area contributed by atoms with Crippen molar-refractivity contribution in [3.05, 3.63) is 52.5 Å². The van der Waals surface area contributed by atoms with Crippen molar-refractivity contribution in [1.82, 2.24) is 9.47 Å². The number of aromatic nitrogens is 1. The molecular formula is C22H25N3O3S. The smallest absolute Gasteiger partial charge is 0.341 e. The number of carbonyl (C=O) groups is 2. The van der Waals surface area contributed by atoms with Gasteiger partial charge in [0.2, 0.25) is 5.91 Å². The number of amides is 1.